The number of aliphatic hydroxyl groups is 2. The van der Waals surface area contributed by atoms with E-state index in [9.17, 15) is 9.59 Å². The number of carbonyl (C=O) groups excluding carboxylic acids is 10. The number of rotatable bonds is 3. The van der Waals surface area contributed by atoms with Gasteiger partial charge in [0.05, 0.1) is 35.5 Å². The lowest BCUT2D eigenvalue weighted by atomic mass is 10.3. The van der Waals surface area contributed by atoms with Gasteiger partial charge in [-0.05, 0) is 60.7 Å². The summed E-state index contributed by atoms with van der Waals surface area (Å²) in [6, 6.07) is 45.5. The van der Waals surface area contributed by atoms with Crippen molar-refractivity contribution in [3.8, 4) is 28.7 Å². The minimum absolute atomic E-state index is 0. The van der Waals surface area contributed by atoms with Crippen LogP contribution < -0.4 is 14.2 Å². The Balaban J connectivity index is -0.0000000923. The van der Waals surface area contributed by atoms with Gasteiger partial charge >= 0.3 is 36.9 Å². The summed E-state index contributed by atoms with van der Waals surface area (Å²) < 4.78 is 26.9. The molecule has 0 amide bonds. The summed E-state index contributed by atoms with van der Waals surface area (Å²) in [5, 5.41) is 31.3. The third kappa shape index (κ3) is 71.0. The van der Waals surface area contributed by atoms with E-state index < -0.39 is 12.3 Å². The highest BCUT2D eigenvalue weighted by atomic mass is 16.7. The molecule has 0 aromatic heterocycles. The van der Waals surface area contributed by atoms with Crippen molar-refractivity contribution in [3.63, 3.8) is 0 Å². The van der Waals surface area contributed by atoms with Crippen LogP contribution in [0.2, 0.25) is 0 Å². The summed E-state index contributed by atoms with van der Waals surface area (Å²) >= 11 is 0. The van der Waals surface area contributed by atoms with E-state index in [4.69, 9.17) is 73.0 Å². The van der Waals surface area contributed by atoms with Gasteiger partial charge < -0.3 is 48.8 Å². The number of hydrogen-bond donors (Lipinski definition) is 4. The summed E-state index contributed by atoms with van der Waals surface area (Å²) in [6.07, 6.45) is -0.355. The van der Waals surface area contributed by atoms with Crippen LogP contribution in [0, 0.1) is 0 Å². The SMILES string of the molecule is C.CO.CO.COC(=O)OC.COC(=O)Oc1ccccc1.COc1ccccc1.COc1ccccc1.O=C=O.O=C=O.O=C=O.O=C=O.Oc1ccccc1.Oc1ccccc1. The summed E-state index contributed by atoms with van der Waals surface area (Å²) in [4.78, 5) is 85.3. The Labute approximate surface area is 370 Å². The summed E-state index contributed by atoms with van der Waals surface area (Å²) in [5.41, 5.74) is 0. The molecule has 0 bridgehead atoms. The molecule has 20 heteroatoms. The molecule has 0 aliphatic carbocycles. The fourth-order valence-electron chi connectivity index (χ4n) is 2.68. The van der Waals surface area contributed by atoms with E-state index in [0.29, 0.717) is 17.2 Å². The topological polar surface area (TPSA) is 307 Å². The maximum absolute atomic E-state index is 10.5. The molecule has 0 unspecified atom stereocenters. The average Bonchev–Trinajstić information content (AvgIpc) is 3.33. The number of aliphatic hydroxyl groups excluding tert-OH is 2. The molecule has 350 valence electrons. The van der Waals surface area contributed by atoms with E-state index in [1.807, 2.05) is 78.9 Å². The number of aromatic hydroxyl groups is 2. The highest BCUT2D eigenvalue weighted by molar-refractivity contribution is 5.63. The van der Waals surface area contributed by atoms with Gasteiger partial charge in [0.25, 0.3) is 0 Å². The first-order valence-corrected chi connectivity index (χ1v) is 16.4. The van der Waals surface area contributed by atoms with Crippen molar-refractivity contribution in [2.24, 2.45) is 0 Å². The smallest absolute Gasteiger partial charge is 0.508 e. The van der Waals surface area contributed by atoms with Gasteiger partial charge in [-0.3, -0.25) is 0 Å². The van der Waals surface area contributed by atoms with E-state index >= 15 is 0 Å². The molecular weight excluding hydrogens is 848 g/mol. The summed E-state index contributed by atoms with van der Waals surface area (Å²) in [6.45, 7) is 0. The maximum atomic E-state index is 10.5. The molecule has 0 aliphatic rings. The highest BCUT2D eigenvalue weighted by Crippen LogP contribution is 2.09. The Morgan fingerprint density at radius 1 is 0.359 bits per heavy atom. The first kappa shape index (κ1) is 72.9. The van der Waals surface area contributed by atoms with Gasteiger partial charge in [-0.2, -0.15) is 38.4 Å². The molecule has 64 heavy (non-hydrogen) atoms. The third-order valence-corrected chi connectivity index (χ3v) is 4.91. The molecule has 0 fully saturated rings. The average molecular weight is 903 g/mol. The Bertz CT molecular complexity index is 1660. The monoisotopic (exact) mass is 902 g/mol. The predicted molar refractivity (Wildman–Crippen MR) is 224 cm³/mol. The Morgan fingerprint density at radius 2 is 0.547 bits per heavy atom. The van der Waals surface area contributed by atoms with Crippen LogP contribution in [0.4, 0.5) is 9.59 Å². The lowest BCUT2D eigenvalue weighted by molar-refractivity contribution is -0.193. The molecule has 0 radical (unpaired) electrons. The lowest BCUT2D eigenvalue weighted by Gasteiger charge is -1.99. The van der Waals surface area contributed by atoms with Crippen molar-refractivity contribution in [2.75, 3.05) is 49.8 Å². The van der Waals surface area contributed by atoms with Gasteiger partial charge in [0.15, 0.2) is 0 Å². The van der Waals surface area contributed by atoms with Gasteiger partial charge in [0.2, 0.25) is 0 Å². The van der Waals surface area contributed by atoms with Gasteiger partial charge in [-0.1, -0.05) is 98.4 Å². The predicted octanol–water partition coefficient (Wildman–Crippen LogP) is 5.92. The standard InChI is InChI=1S/C8H8O3.2C7H8O.2C6H6O.C3H6O3.4CO2.2CH4O.CH4/c1-10-8(9)11-7-5-3-2-4-6-7;2*1-8-7-5-3-2-4-6-7;2*7-6-4-2-1-3-5-6;1-5-3(4)6-2;4*2-1-3;2*1-2;/h2-6H,1H3;2*2-6H,1H3;2*1-5,7H;1-2H3;;;;;2*2H,1H3;1H4. The summed E-state index contributed by atoms with van der Waals surface area (Å²) in [7, 11) is 9.10. The van der Waals surface area contributed by atoms with Crippen molar-refractivity contribution >= 4 is 36.9 Å². The lowest BCUT2D eigenvalue weighted by Crippen LogP contribution is -2.06. The highest BCUT2D eigenvalue weighted by Gasteiger charge is 2.00. The Kier molecular flexibility index (Phi) is 78.5. The fraction of sp³-hybridized carbons (Fsp3) is 0.182. The minimum Gasteiger partial charge on any atom is -0.508 e. The molecule has 0 atom stereocenters. The van der Waals surface area contributed by atoms with E-state index in [1.54, 1.807) is 87.0 Å². The zero-order valence-electron chi connectivity index (χ0n) is 35.3. The van der Waals surface area contributed by atoms with Crippen molar-refractivity contribution in [1.29, 1.82) is 0 Å². The van der Waals surface area contributed by atoms with Crippen LogP contribution in [-0.2, 0) is 52.6 Å². The molecule has 0 saturated carbocycles. The minimum atomic E-state index is -0.698. The van der Waals surface area contributed by atoms with Crippen LogP contribution in [0.3, 0.4) is 0 Å². The number of methoxy groups -OCH3 is 5. The molecule has 5 aromatic rings. The maximum Gasteiger partial charge on any atom is 0.513 e. The molecule has 4 N–H and O–H groups in total. The molecule has 0 spiro atoms. The van der Waals surface area contributed by atoms with Gasteiger partial charge in [0, 0.05) is 14.2 Å². The molecular formula is C44H54O20. The first-order chi connectivity index (χ1) is 30.4. The second-order valence-electron chi connectivity index (χ2n) is 8.57. The third-order valence-electron chi connectivity index (χ3n) is 4.91. The molecule has 5 rings (SSSR count). The molecule has 20 nitrogen and oxygen atoms in total. The first-order valence-electron chi connectivity index (χ1n) is 16.4. The fourth-order valence-corrected chi connectivity index (χ4v) is 2.68. The van der Waals surface area contributed by atoms with Crippen LogP contribution in [0.25, 0.3) is 0 Å². The largest absolute Gasteiger partial charge is 0.513 e. The van der Waals surface area contributed by atoms with Gasteiger partial charge in [-0.25, -0.2) is 9.59 Å². The number of hydrogen-bond acceptors (Lipinski definition) is 20. The van der Waals surface area contributed by atoms with Crippen molar-refractivity contribution in [2.45, 2.75) is 7.43 Å². The molecule has 5 aromatic carbocycles. The van der Waals surface area contributed by atoms with Gasteiger partial charge in [-0.15, -0.1) is 0 Å². The van der Waals surface area contributed by atoms with E-state index in [1.165, 1.54) is 21.3 Å². The van der Waals surface area contributed by atoms with Gasteiger partial charge in [0.1, 0.15) is 28.7 Å². The number of ether oxygens (including phenoxy) is 6. The second kappa shape index (κ2) is 68.9. The molecule has 0 saturated heterocycles. The molecule has 0 heterocycles. The number of para-hydroxylation sites is 5. The number of carbonyl (C=O) groups is 2. The van der Waals surface area contributed by atoms with Crippen LogP contribution in [0.1, 0.15) is 7.43 Å². The molecule has 0 aliphatic heterocycles. The Morgan fingerprint density at radius 3 is 0.672 bits per heavy atom. The van der Waals surface area contributed by atoms with E-state index in [-0.39, 0.29) is 32.0 Å². The van der Waals surface area contributed by atoms with E-state index in [0.717, 1.165) is 25.7 Å². The van der Waals surface area contributed by atoms with E-state index in [2.05, 4.69) is 14.2 Å². The second-order valence-corrected chi connectivity index (χ2v) is 8.57. The zero-order valence-corrected chi connectivity index (χ0v) is 35.3. The normalized spacial score (nSPS) is 6.89. The summed E-state index contributed by atoms with van der Waals surface area (Å²) in [5.74, 6) is 2.95. The quantitative estimate of drug-likeness (QED) is 0.120. The van der Waals surface area contributed by atoms with Crippen LogP contribution in [-0.4, -0.2) is 107 Å². The zero-order chi connectivity index (χ0) is 49.8. The van der Waals surface area contributed by atoms with Crippen molar-refractivity contribution in [3.05, 3.63) is 152 Å². The van der Waals surface area contributed by atoms with Crippen LogP contribution in [0.15, 0.2) is 152 Å². The number of benzene rings is 5. The number of phenols is 2. The Hall–Kier alpha value is -8.72. The van der Waals surface area contributed by atoms with Crippen molar-refractivity contribution in [1.82, 2.24) is 0 Å². The van der Waals surface area contributed by atoms with Crippen LogP contribution in [0.5, 0.6) is 28.7 Å². The number of phenolic OH excluding ortho intramolecular Hbond substituents is 2. The van der Waals surface area contributed by atoms with Crippen molar-refractivity contribution < 1.29 is 96.8 Å². The van der Waals surface area contributed by atoms with Crippen LogP contribution >= 0.6 is 0 Å².